The normalized spacial score (nSPS) is 6.50. The van der Waals surface area contributed by atoms with Crippen LogP contribution in [-0.2, 0) is 0 Å². The maximum Gasteiger partial charge on any atom is -0.0473 e. The fourth-order valence-corrected chi connectivity index (χ4v) is 0. The first kappa shape index (κ1) is 23.5. The van der Waals surface area contributed by atoms with Crippen LogP contribution in [-0.4, -0.2) is 0 Å². The van der Waals surface area contributed by atoms with E-state index in [1.54, 1.807) is 6.08 Å². The summed E-state index contributed by atoms with van der Waals surface area (Å²) in [5.74, 6) is 0. The highest BCUT2D eigenvalue weighted by Crippen LogP contribution is 1.77. The zero-order valence-electron chi connectivity index (χ0n) is 11.8. The molecule has 0 aliphatic carbocycles. The van der Waals surface area contributed by atoms with Gasteiger partial charge in [0, 0.05) is 0 Å². The van der Waals surface area contributed by atoms with E-state index < -0.39 is 0 Å². The third-order valence-electron chi connectivity index (χ3n) is 1.000. The molecule has 0 radical (unpaired) electrons. The second-order valence-electron chi connectivity index (χ2n) is 3.12. The number of unbranched alkanes of at least 4 members (excludes halogenated alkanes) is 2. The van der Waals surface area contributed by atoms with Crippen molar-refractivity contribution in [2.75, 3.05) is 0 Å². The van der Waals surface area contributed by atoms with Gasteiger partial charge in [0.05, 0.1) is 0 Å². The van der Waals surface area contributed by atoms with E-state index in [0.717, 1.165) is 0 Å². The first-order valence-electron chi connectivity index (χ1n) is 6.23. The summed E-state index contributed by atoms with van der Waals surface area (Å²) in [6.45, 7) is 18.2. The standard InChI is InChI=1S/2C4H10.C3H8.C3H6/c2*1-3-4-2;2*1-3-2/h2*3-4H2,1-2H3;3H2,1-2H3;3H,1H2,2H3. The van der Waals surface area contributed by atoms with Crippen molar-refractivity contribution >= 4 is 0 Å². The molecular weight excluding hydrogens is 168 g/mol. The molecule has 14 heavy (non-hydrogen) atoms. The minimum atomic E-state index is 1.25. The Balaban J connectivity index is -0.0000000482. The minimum Gasteiger partial charge on any atom is -0.103 e. The minimum absolute atomic E-state index is 1.25. The number of hydrogen-bond acceptors (Lipinski definition) is 0. The first-order valence-corrected chi connectivity index (χ1v) is 6.23. The van der Waals surface area contributed by atoms with Crippen LogP contribution in [0, 0.1) is 0 Å². The first-order chi connectivity index (χ1) is 6.66. The van der Waals surface area contributed by atoms with E-state index in [1.807, 2.05) is 6.92 Å². The van der Waals surface area contributed by atoms with Gasteiger partial charge < -0.3 is 0 Å². The summed E-state index contributed by atoms with van der Waals surface area (Å²) in [6, 6.07) is 0. The van der Waals surface area contributed by atoms with Crippen LogP contribution in [0.4, 0.5) is 0 Å². The van der Waals surface area contributed by atoms with Gasteiger partial charge >= 0.3 is 0 Å². The van der Waals surface area contributed by atoms with Gasteiger partial charge in [0.1, 0.15) is 0 Å². The average molecular weight is 202 g/mol. The van der Waals surface area contributed by atoms with Crippen molar-refractivity contribution in [3.63, 3.8) is 0 Å². The molecule has 0 amide bonds. The van der Waals surface area contributed by atoms with Crippen molar-refractivity contribution in [3.8, 4) is 0 Å². The Hall–Kier alpha value is -0.260. The summed E-state index contributed by atoms with van der Waals surface area (Å²) in [6.07, 6.45) is 8.28. The quantitative estimate of drug-likeness (QED) is 0.466. The summed E-state index contributed by atoms with van der Waals surface area (Å²) in [4.78, 5) is 0. The third kappa shape index (κ3) is 447. The number of hydrogen-bond donors (Lipinski definition) is 0. The van der Waals surface area contributed by atoms with E-state index in [4.69, 9.17) is 0 Å². The zero-order chi connectivity index (χ0) is 12.2. The van der Waals surface area contributed by atoms with Crippen molar-refractivity contribution in [1.29, 1.82) is 0 Å². The molecule has 0 N–H and O–H groups in total. The Bertz CT molecular complexity index is 38.0. The van der Waals surface area contributed by atoms with Crippen molar-refractivity contribution < 1.29 is 0 Å². The van der Waals surface area contributed by atoms with Crippen LogP contribution in [0.1, 0.15) is 80.6 Å². The van der Waals surface area contributed by atoms with Crippen molar-refractivity contribution in [2.45, 2.75) is 80.6 Å². The lowest BCUT2D eigenvalue weighted by Gasteiger charge is -1.68. The lowest BCUT2D eigenvalue weighted by atomic mass is 10.4. The summed E-state index contributed by atoms with van der Waals surface area (Å²) >= 11 is 0. The molecule has 0 saturated heterocycles. The van der Waals surface area contributed by atoms with Gasteiger partial charge in [0.25, 0.3) is 0 Å². The monoisotopic (exact) mass is 202 g/mol. The SMILES string of the molecule is C=CC.CCC.CCCC.CCCC. The Morgan fingerprint density at radius 1 is 0.714 bits per heavy atom. The van der Waals surface area contributed by atoms with Crippen molar-refractivity contribution in [1.82, 2.24) is 0 Å². The molecule has 0 heterocycles. The molecule has 0 aromatic heterocycles. The molecule has 0 atom stereocenters. The van der Waals surface area contributed by atoms with Crippen LogP contribution in [0.5, 0.6) is 0 Å². The molecule has 0 fully saturated rings. The van der Waals surface area contributed by atoms with Crippen molar-refractivity contribution in [3.05, 3.63) is 12.7 Å². The molecule has 0 aliphatic heterocycles. The average Bonchev–Trinajstić information content (AvgIpc) is 2.20. The van der Waals surface area contributed by atoms with E-state index in [1.165, 1.54) is 32.1 Å². The molecule has 0 aromatic rings. The maximum atomic E-state index is 3.36. The fourth-order valence-electron chi connectivity index (χ4n) is 0. The molecule has 0 bridgehead atoms. The zero-order valence-corrected chi connectivity index (χ0v) is 11.8. The predicted octanol–water partition coefficient (Wildman–Crippen LogP) is 6.22. The summed E-state index contributed by atoms with van der Waals surface area (Å²) in [7, 11) is 0. The van der Waals surface area contributed by atoms with Gasteiger partial charge in [-0.05, 0) is 6.92 Å². The largest absolute Gasteiger partial charge is 0.103 e. The topological polar surface area (TPSA) is 0 Å². The molecule has 0 heteroatoms. The molecule has 0 nitrogen and oxygen atoms in total. The molecule has 0 rings (SSSR count). The van der Waals surface area contributed by atoms with Crippen LogP contribution in [0.3, 0.4) is 0 Å². The van der Waals surface area contributed by atoms with Crippen LogP contribution in [0.25, 0.3) is 0 Å². The van der Waals surface area contributed by atoms with Gasteiger partial charge in [0.15, 0.2) is 0 Å². The van der Waals surface area contributed by atoms with Gasteiger partial charge in [0.2, 0.25) is 0 Å². The van der Waals surface area contributed by atoms with Gasteiger partial charge in [-0.15, -0.1) is 6.58 Å². The molecule has 0 spiro atoms. The highest BCUT2D eigenvalue weighted by molar-refractivity contribution is 4.51. The molecule has 0 unspecified atom stereocenters. The molecular formula is C14H34. The van der Waals surface area contributed by atoms with Gasteiger partial charge in [-0.1, -0.05) is 79.7 Å². The molecule has 0 aromatic carbocycles. The molecule has 0 aliphatic rings. The Morgan fingerprint density at radius 2 is 0.786 bits per heavy atom. The second kappa shape index (κ2) is 53.3. The second-order valence-corrected chi connectivity index (χ2v) is 3.12. The smallest absolute Gasteiger partial charge is 0.0473 e. The predicted molar refractivity (Wildman–Crippen MR) is 73.0 cm³/mol. The van der Waals surface area contributed by atoms with Crippen LogP contribution < -0.4 is 0 Å². The van der Waals surface area contributed by atoms with E-state index >= 15 is 0 Å². The highest BCUT2D eigenvalue weighted by atomic mass is 13.6. The van der Waals surface area contributed by atoms with Gasteiger partial charge in [-0.2, -0.15) is 0 Å². The summed E-state index contributed by atoms with van der Waals surface area (Å²) in [5, 5.41) is 0. The van der Waals surface area contributed by atoms with Crippen LogP contribution in [0.2, 0.25) is 0 Å². The van der Waals surface area contributed by atoms with E-state index in [2.05, 4.69) is 48.1 Å². The Labute approximate surface area is 93.8 Å². The van der Waals surface area contributed by atoms with Crippen LogP contribution in [0.15, 0.2) is 12.7 Å². The lowest BCUT2D eigenvalue weighted by Crippen LogP contribution is -1.47. The van der Waals surface area contributed by atoms with Gasteiger partial charge in [-0.25, -0.2) is 0 Å². The van der Waals surface area contributed by atoms with E-state index in [9.17, 15) is 0 Å². The number of allylic oxidation sites excluding steroid dienone is 1. The van der Waals surface area contributed by atoms with E-state index in [-0.39, 0.29) is 0 Å². The highest BCUT2D eigenvalue weighted by Gasteiger charge is 1.56. The summed E-state index contributed by atoms with van der Waals surface area (Å²) < 4.78 is 0. The number of rotatable bonds is 2. The third-order valence-corrected chi connectivity index (χ3v) is 1.000. The van der Waals surface area contributed by atoms with Gasteiger partial charge in [-0.3, -0.25) is 0 Å². The Morgan fingerprint density at radius 3 is 0.786 bits per heavy atom. The molecule has 90 valence electrons. The van der Waals surface area contributed by atoms with Crippen molar-refractivity contribution in [2.24, 2.45) is 0 Å². The van der Waals surface area contributed by atoms with Crippen LogP contribution >= 0.6 is 0 Å². The lowest BCUT2D eigenvalue weighted by molar-refractivity contribution is 0.886. The van der Waals surface area contributed by atoms with E-state index in [0.29, 0.717) is 0 Å². The Kier molecular flexibility index (Phi) is 89.5. The maximum absolute atomic E-state index is 3.36. The molecule has 0 saturated carbocycles. The fraction of sp³-hybridized carbons (Fsp3) is 0.857. The summed E-state index contributed by atoms with van der Waals surface area (Å²) in [5.41, 5.74) is 0.